The maximum atomic E-state index is 10.6. The van der Waals surface area contributed by atoms with Gasteiger partial charge < -0.3 is 0 Å². The summed E-state index contributed by atoms with van der Waals surface area (Å²) in [6.07, 6.45) is 1.32. The van der Waals surface area contributed by atoms with E-state index in [1.807, 2.05) is 0 Å². The molecule has 1 aromatic rings. The summed E-state index contributed by atoms with van der Waals surface area (Å²) in [7, 11) is 0. The molecule has 0 fully saturated rings. The normalized spacial score (nSPS) is 9.30. The van der Waals surface area contributed by atoms with Gasteiger partial charge in [0.2, 0.25) is 0 Å². The van der Waals surface area contributed by atoms with E-state index in [2.05, 4.69) is 10.2 Å². The molecule has 1 heterocycles. The Bertz CT molecular complexity index is 303. The van der Waals surface area contributed by atoms with Gasteiger partial charge in [0.05, 0.1) is 6.20 Å². The van der Waals surface area contributed by atoms with Gasteiger partial charge >= 0.3 is 0 Å². The summed E-state index contributed by atoms with van der Waals surface area (Å²) in [4.78, 5) is 21.1. The molecule has 0 radical (unpaired) electrons. The molecule has 0 atom stereocenters. The predicted octanol–water partition coefficient (Wildman–Crippen LogP) is -0.0275. The summed E-state index contributed by atoms with van der Waals surface area (Å²) in [5.41, 5.74) is -0.0172. The third-order valence-corrected chi connectivity index (χ3v) is 1.07. The second kappa shape index (κ2) is 2.43. The van der Waals surface area contributed by atoms with Gasteiger partial charge in [-0.1, -0.05) is 0 Å². The van der Waals surface area contributed by atoms with Crippen LogP contribution in [-0.2, 0) is 0 Å². The van der Waals surface area contributed by atoms with E-state index in [1.165, 1.54) is 19.2 Å². The Hall–Kier alpha value is -1.45. The first-order chi connectivity index (χ1) is 4.70. The number of nitrogens with one attached hydrogen (secondary N) is 1. The molecule has 0 aliphatic rings. The Balaban J connectivity index is 3.20. The van der Waals surface area contributed by atoms with Crippen LogP contribution in [0.2, 0.25) is 0 Å². The Morgan fingerprint density at radius 3 is 2.80 bits per heavy atom. The van der Waals surface area contributed by atoms with Crippen LogP contribution in [0.25, 0.3) is 0 Å². The summed E-state index contributed by atoms with van der Waals surface area (Å²) in [6.45, 7) is 1.39. The van der Waals surface area contributed by atoms with Crippen molar-refractivity contribution >= 4 is 5.78 Å². The molecule has 0 amide bonds. The number of rotatable bonds is 1. The third-order valence-electron chi connectivity index (χ3n) is 1.07. The number of H-pyrrole nitrogens is 1. The Morgan fingerprint density at radius 2 is 2.40 bits per heavy atom. The highest BCUT2D eigenvalue weighted by Gasteiger charge is 1.97. The zero-order valence-corrected chi connectivity index (χ0v) is 5.42. The molecule has 10 heavy (non-hydrogen) atoms. The highest BCUT2D eigenvalue weighted by molar-refractivity contribution is 5.93. The van der Waals surface area contributed by atoms with Gasteiger partial charge in [0.15, 0.2) is 5.78 Å². The van der Waals surface area contributed by atoms with Crippen molar-refractivity contribution in [1.82, 2.24) is 10.2 Å². The molecule has 0 bridgehead atoms. The topological polar surface area (TPSA) is 62.8 Å². The van der Waals surface area contributed by atoms with E-state index < -0.39 is 0 Å². The van der Waals surface area contributed by atoms with Crippen LogP contribution in [-0.4, -0.2) is 16.0 Å². The van der Waals surface area contributed by atoms with Gasteiger partial charge in [-0.25, -0.2) is 5.10 Å². The van der Waals surface area contributed by atoms with Crippen molar-refractivity contribution in [2.24, 2.45) is 0 Å². The quantitative estimate of drug-likeness (QED) is 0.554. The molecule has 0 unspecified atom stereocenters. The lowest BCUT2D eigenvalue weighted by Gasteiger charge is -1.88. The monoisotopic (exact) mass is 138 g/mol. The van der Waals surface area contributed by atoms with E-state index in [0.717, 1.165) is 0 Å². The fourth-order valence-corrected chi connectivity index (χ4v) is 0.569. The van der Waals surface area contributed by atoms with E-state index in [-0.39, 0.29) is 11.3 Å². The predicted molar refractivity (Wildman–Crippen MR) is 34.9 cm³/mol. The standard InChI is InChI=1S/C6H6N2O2/c1-4(9)5-2-6(10)8-7-3-5/h2-3H,1H3,(H,8,10). The fourth-order valence-electron chi connectivity index (χ4n) is 0.569. The lowest BCUT2D eigenvalue weighted by Crippen LogP contribution is -2.09. The molecule has 1 aromatic heterocycles. The van der Waals surface area contributed by atoms with Crippen molar-refractivity contribution in [3.63, 3.8) is 0 Å². The summed E-state index contributed by atoms with van der Waals surface area (Å²) < 4.78 is 0. The van der Waals surface area contributed by atoms with Crippen LogP contribution in [0.1, 0.15) is 17.3 Å². The molecule has 4 heteroatoms. The van der Waals surface area contributed by atoms with E-state index >= 15 is 0 Å². The molecule has 1 rings (SSSR count). The van der Waals surface area contributed by atoms with Gasteiger partial charge in [-0.05, 0) is 6.92 Å². The third kappa shape index (κ3) is 1.28. The minimum Gasteiger partial charge on any atom is -0.294 e. The lowest BCUT2D eigenvalue weighted by atomic mass is 10.2. The minimum absolute atomic E-state index is 0.154. The van der Waals surface area contributed by atoms with Crippen LogP contribution in [0.5, 0.6) is 0 Å². The van der Waals surface area contributed by atoms with Gasteiger partial charge in [-0.15, -0.1) is 0 Å². The largest absolute Gasteiger partial charge is 0.294 e. The van der Waals surface area contributed by atoms with E-state index in [0.29, 0.717) is 5.56 Å². The summed E-state index contributed by atoms with van der Waals surface area (Å²) in [5, 5.41) is 5.62. The van der Waals surface area contributed by atoms with Crippen molar-refractivity contribution in [3.8, 4) is 0 Å². The first-order valence-corrected chi connectivity index (χ1v) is 2.76. The lowest BCUT2D eigenvalue weighted by molar-refractivity contribution is 0.101. The summed E-state index contributed by atoms with van der Waals surface area (Å²) in [5.74, 6) is -0.154. The second-order valence-electron chi connectivity index (χ2n) is 1.89. The van der Waals surface area contributed by atoms with Gasteiger partial charge in [0.25, 0.3) is 5.56 Å². The summed E-state index contributed by atoms with van der Waals surface area (Å²) >= 11 is 0. The van der Waals surface area contributed by atoms with E-state index in [1.54, 1.807) is 0 Å². The van der Waals surface area contributed by atoms with Crippen LogP contribution >= 0.6 is 0 Å². The number of Topliss-reactive ketones (excluding diaryl/α,β-unsaturated/α-hetero) is 1. The first kappa shape index (κ1) is 6.67. The molecule has 0 spiro atoms. The Labute approximate surface area is 56.9 Å². The van der Waals surface area contributed by atoms with Crippen LogP contribution in [0.15, 0.2) is 17.1 Å². The van der Waals surface area contributed by atoms with Crippen molar-refractivity contribution < 1.29 is 4.79 Å². The van der Waals surface area contributed by atoms with Crippen LogP contribution < -0.4 is 5.56 Å². The molecule has 1 N–H and O–H groups in total. The van der Waals surface area contributed by atoms with Crippen molar-refractivity contribution in [3.05, 3.63) is 28.2 Å². The number of aromatic nitrogens is 2. The fraction of sp³-hybridized carbons (Fsp3) is 0.167. The zero-order chi connectivity index (χ0) is 7.56. The maximum Gasteiger partial charge on any atom is 0.264 e. The molecule has 0 saturated carbocycles. The van der Waals surface area contributed by atoms with Gasteiger partial charge in [-0.2, -0.15) is 5.10 Å². The molecular weight excluding hydrogens is 132 g/mol. The SMILES string of the molecule is CC(=O)c1cn[nH]c(=O)c1. The van der Waals surface area contributed by atoms with E-state index in [9.17, 15) is 9.59 Å². The number of ketones is 1. The molecular formula is C6H6N2O2. The minimum atomic E-state index is -0.354. The van der Waals surface area contributed by atoms with Crippen LogP contribution in [0.4, 0.5) is 0 Å². The highest BCUT2D eigenvalue weighted by atomic mass is 16.1. The number of carbonyl (C=O) groups excluding carboxylic acids is 1. The highest BCUT2D eigenvalue weighted by Crippen LogP contribution is 1.89. The number of hydrogen-bond donors (Lipinski definition) is 1. The molecule has 0 aliphatic carbocycles. The number of hydrogen-bond acceptors (Lipinski definition) is 3. The van der Waals surface area contributed by atoms with Crippen LogP contribution in [0, 0.1) is 0 Å². The van der Waals surface area contributed by atoms with Gasteiger partial charge in [-0.3, -0.25) is 9.59 Å². The average Bonchev–Trinajstić information content (AvgIpc) is 1.88. The Kier molecular flexibility index (Phi) is 1.62. The number of nitrogens with zero attached hydrogens (tertiary/aromatic N) is 1. The number of aromatic amines is 1. The van der Waals surface area contributed by atoms with Gasteiger partial charge in [0, 0.05) is 11.6 Å². The van der Waals surface area contributed by atoms with E-state index in [4.69, 9.17) is 0 Å². The van der Waals surface area contributed by atoms with Gasteiger partial charge in [0.1, 0.15) is 0 Å². The number of carbonyl (C=O) groups is 1. The maximum absolute atomic E-state index is 10.6. The molecule has 0 saturated heterocycles. The molecule has 0 aliphatic heterocycles. The van der Waals surface area contributed by atoms with Crippen molar-refractivity contribution in [2.45, 2.75) is 6.92 Å². The molecule has 4 nitrogen and oxygen atoms in total. The molecule has 52 valence electrons. The smallest absolute Gasteiger partial charge is 0.264 e. The first-order valence-electron chi connectivity index (χ1n) is 2.76. The Morgan fingerprint density at radius 1 is 1.70 bits per heavy atom. The van der Waals surface area contributed by atoms with Crippen molar-refractivity contribution in [1.29, 1.82) is 0 Å². The van der Waals surface area contributed by atoms with Crippen LogP contribution in [0.3, 0.4) is 0 Å². The summed E-state index contributed by atoms with van der Waals surface area (Å²) in [6, 6.07) is 1.22. The molecule has 0 aromatic carbocycles. The zero-order valence-electron chi connectivity index (χ0n) is 5.42. The second-order valence-corrected chi connectivity index (χ2v) is 1.89. The average molecular weight is 138 g/mol. The van der Waals surface area contributed by atoms with Crippen molar-refractivity contribution in [2.75, 3.05) is 0 Å².